The Morgan fingerprint density at radius 2 is 1.49 bits per heavy atom. The maximum Gasteiger partial charge on any atom is 0.311 e. The van der Waals surface area contributed by atoms with E-state index in [9.17, 15) is 19.7 Å². The third-order valence-electron chi connectivity index (χ3n) is 13.2. The quantitative estimate of drug-likeness (QED) is 0.0454. The number of benzene rings is 5. The number of fused-ring (bicyclic) bond motifs is 6. The van der Waals surface area contributed by atoms with Gasteiger partial charge in [-0.2, -0.15) is 0 Å². The van der Waals surface area contributed by atoms with Gasteiger partial charge in [-0.1, -0.05) is 55.0 Å². The minimum absolute atomic E-state index is 0.00127. The van der Waals surface area contributed by atoms with E-state index >= 15 is 0 Å². The number of unbranched alkanes of at least 4 members (excludes halogenated alkanes) is 2. The Hall–Kier alpha value is -6.69. The zero-order chi connectivity index (χ0) is 42.7. The average Bonchev–Trinajstić information content (AvgIpc) is 3.53. The van der Waals surface area contributed by atoms with Crippen LogP contribution in [-0.2, 0) is 20.4 Å². The van der Waals surface area contributed by atoms with Gasteiger partial charge in [0, 0.05) is 67.4 Å². The van der Waals surface area contributed by atoms with Crippen molar-refractivity contribution in [3.8, 4) is 17.2 Å². The normalized spacial score (nSPS) is 20.7. The molecule has 2 spiro atoms. The molecule has 312 valence electrons. The predicted octanol–water partition coefficient (Wildman–Crippen LogP) is 9.54. The van der Waals surface area contributed by atoms with E-state index in [0.717, 1.165) is 40.6 Å². The number of hydrogen-bond acceptors (Lipinski definition) is 10. The summed E-state index contributed by atoms with van der Waals surface area (Å²) in [5, 5.41) is 16.3. The van der Waals surface area contributed by atoms with E-state index in [1.165, 1.54) is 17.7 Å². The number of nitro groups is 1. The highest BCUT2D eigenvalue weighted by Crippen LogP contribution is 2.56. The molecule has 0 saturated carbocycles. The van der Waals surface area contributed by atoms with E-state index in [-0.39, 0.29) is 35.8 Å². The van der Waals surface area contributed by atoms with Crippen LogP contribution >= 0.6 is 0 Å². The summed E-state index contributed by atoms with van der Waals surface area (Å²) < 4.78 is 19.4. The maximum atomic E-state index is 13.2. The first-order valence-electron chi connectivity index (χ1n) is 20.9. The number of aliphatic imine (C=N–C) groups is 1. The molecule has 0 bridgehead atoms. The standard InChI is InChI=1S/C49H49N5O7/c1-46(2)38-14-9-11-16-40(38)53(48(46)26-24-33-29-34(54(57)58)20-23-41(33)60-48)28-25-43(55)50-27-12-6-7-17-44(56)59-35-21-18-32-19-22-42-45(36(32)30-35)51-31-49(61-42)47(3,4)37-13-8-10-15-39(37)52(49)5/h8-11,13-16,18-24,26,29-31H,6-7,12,17,25,27-28H2,1-5H3,(H,50,55). The van der Waals surface area contributed by atoms with E-state index in [1.807, 2.05) is 73.9 Å². The smallest absolute Gasteiger partial charge is 0.311 e. The number of nitro benzene ring substituents is 1. The molecule has 12 nitrogen and oxygen atoms in total. The number of amides is 1. The lowest BCUT2D eigenvalue weighted by Crippen LogP contribution is -2.61. The van der Waals surface area contributed by atoms with Gasteiger partial charge in [0.05, 0.1) is 22.0 Å². The molecule has 12 heteroatoms. The van der Waals surface area contributed by atoms with Crippen LogP contribution in [0, 0.1) is 10.1 Å². The van der Waals surface area contributed by atoms with Gasteiger partial charge in [-0.25, -0.2) is 0 Å². The minimum atomic E-state index is -0.940. The van der Waals surface area contributed by atoms with Crippen LogP contribution in [0.25, 0.3) is 16.8 Å². The number of hydrogen-bond donors (Lipinski definition) is 1. The van der Waals surface area contributed by atoms with Crippen molar-refractivity contribution >= 4 is 57.7 Å². The predicted molar refractivity (Wildman–Crippen MR) is 237 cm³/mol. The Labute approximate surface area is 355 Å². The fourth-order valence-corrected chi connectivity index (χ4v) is 9.69. The molecule has 2 unspecified atom stereocenters. The highest BCUT2D eigenvalue weighted by Gasteiger charge is 2.60. The van der Waals surface area contributed by atoms with Crippen LogP contribution < -0.4 is 29.3 Å². The number of likely N-dealkylation sites (N-methyl/N-ethyl adjacent to an activating group) is 1. The highest BCUT2D eigenvalue weighted by molar-refractivity contribution is 6.00. The molecule has 0 radical (unpaired) electrons. The van der Waals surface area contributed by atoms with Crippen molar-refractivity contribution in [1.29, 1.82) is 0 Å². The lowest BCUT2D eigenvalue weighted by Gasteiger charge is -2.47. The van der Waals surface area contributed by atoms with Crippen LogP contribution in [0.5, 0.6) is 17.2 Å². The minimum Gasteiger partial charge on any atom is -0.463 e. The van der Waals surface area contributed by atoms with Gasteiger partial charge in [-0.3, -0.25) is 24.7 Å². The van der Waals surface area contributed by atoms with Crippen LogP contribution in [0.2, 0.25) is 0 Å². The van der Waals surface area contributed by atoms with E-state index < -0.39 is 21.8 Å². The van der Waals surface area contributed by atoms with Gasteiger partial charge in [-0.15, -0.1) is 0 Å². The summed E-state index contributed by atoms with van der Waals surface area (Å²) in [6.07, 6.45) is 8.32. The summed E-state index contributed by atoms with van der Waals surface area (Å²) in [4.78, 5) is 46.4. The van der Waals surface area contributed by atoms with E-state index in [2.05, 4.69) is 67.1 Å². The molecule has 2 atom stereocenters. The zero-order valence-electron chi connectivity index (χ0n) is 35.1. The Morgan fingerprint density at radius 1 is 0.803 bits per heavy atom. The number of carbonyl (C=O) groups is 2. The second-order valence-corrected chi connectivity index (χ2v) is 17.3. The zero-order valence-corrected chi connectivity index (χ0v) is 35.1. The van der Waals surface area contributed by atoms with Crippen molar-refractivity contribution in [2.45, 2.75) is 82.1 Å². The number of nitrogens with zero attached hydrogens (tertiary/aromatic N) is 4. The number of carbonyl (C=O) groups excluding carboxylic acids is 2. The summed E-state index contributed by atoms with van der Waals surface area (Å²) in [6.45, 7) is 9.47. The van der Waals surface area contributed by atoms with Crippen molar-refractivity contribution in [2.24, 2.45) is 4.99 Å². The Morgan fingerprint density at radius 3 is 2.26 bits per heavy atom. The number of esters is 1. The van der Waals surface area contributed by atoms with Gasteiger partial charge < -0.3 is 29.3 Å². The second-order valence-electron chi connectivity index (χ2n) is 17.3. The Kier molecular flexibility index (Phi) is 9.64. The molecular weight excluding hydrogens is 771 g/mol. The van der Waals surface area contributed by atoms with Crippen molar-refractivity contribution in [2.75, 3.05) is 29.9 Å². The van der Waals surface area contributed by atoms with Crippen LogP contribution in [0.15, 0.2) is 108 Å². The molecule has 9 rings (SSSR count). The summed E-state index contributed by atoms with van der Waals surface area (Å²) in [6, 6.07) is 30.6. The molecule has 1 amide bonds. The lowest BCUT2D eigenvalue weighted by molar-refractivity contribution is -0.384. The fourth-order valence-electron chi connectivity index (χ4n) is 9.69. The van der Waals surface area contributed by atoms with Gasteiger partial charge in [0.15, 0.2) is 0 Å². The molecule has 1 N–H and O–H groups in total. The van der Waals surface area contributed by atoms with Gasteiger partial charge in [-0.05, 0) is 106 Å². The van der Waals surface area contributed by atoms with Gasteiger partial charge >= 0.3 is 5.97 Å². The van der Waals surface area contributed by atoms with E-state index in [4.69, 9.17) is 19.2 Å². The molecule has 5 aromatic carbocycles. The van der Waals surface area contributed by atoms with Crippen LogP contribution in [0.3, 0.4) is 0 Å². The topological polar surface area (TPSA) is 136 Å². The van der Waals surface area contributed by atoms with Gasteiger partial charge in [0.1, 0.15) is 22.9 Å². The maximum absolute atomic E-state index is 13.2. The molecule has 0 fully saturated rings. The van der Waals surface area contributed by atoms with Gasteiger partial charge in [0.2, 0.25) is 17.4 Å². The molecular formula is C49H49N5O7. The molecule has 5 aromatic rings. The molecule has 0 saturated heterocycles. The Bertz CT molecular complexity index is 2670. The average molecular weight is 820 g/mol. The van der Waals surface area contributed by atoms with Crippen molar-refractivity contribution in [3.05, 3.63) is 130 Å². The largest absolute Gasteiger partial charge is 0.463 e. The number of para-hydroxylation sites is 2. The highest BCUT2D eigenvalue weighted by atomic mass is 16.6. The van der Waals surface area contributed by atoms with E-state index in [1.54, 1.807) is 12.1 Å². The SMILES string of the molecule is CN1c2ccccc2C(C)(C)C12C=Nc1c(ccc3ccc(OC(=O)CCCCCNC(=O)CCN4c5ccccc5C(C)(C)C45C=Cc4cc([N+](=O)[O-])ccc4O5)cc13)O2. The third kappa shape index (κ3) is 6.38. The van der Waals surface area contributed by atoms with Crippen LogP contribution in [0.1, 0.15) is 76.5 Å². The summed E-state index contributed by atoms with van der Waals surface area (Å²) >= 11 is 0. The molecule has 0 aliphatic carbocycles. The molecule has 61 heavy (non-hydrogen) atoms. The number of rotatable bonds is 11. The van der Waals surface area contributed by atoms with Crippen molar-refractivity contribution < 1.29 is 28.7 Å². The third-order valence-corrected chi connectivity index (χ3v) is 13.2. The first-order valence-corrected chi connectivity index (χ1v) is 20.9. The van der Waals surface area contributed by atoms with Crippen molar-refractivity contribution in [3.63, 3.8) is 0 Å². The van der Waals surface area contributed by atoms with Crippen LogP contribution in [-0.4, -0.2) is 54.6 Å². The molecule has 4 heterocycles. The molecule has 0 aromatic heterocycles. The Balaban J connectivity index is 0.769. The first kappa shape index (κ1) is 39.8. The first-order chi connectivity index (χ1) is 29.3. The molecule has 4 aliphatic heterocycles. The summed E-state index contributed by atoms with van der Waals surface area (Å²) in [5.74, 6) is 1.27. The van der Waals surface area contributed by atoms with Gasteiger partial charge in [0.25, 0.3) is 5.69 Å². The number of non-ortho nitro benzene ring substituents is 1. The summed E-state index contributed by atoms with van der Waals surface area (Å²) in [5.41, 5.74) is 3.12. The second kappa shape index (κ2) is 14.8. The van der Waals surface area contributed by atoms with Crippen LogP contribution in [0.4, 0.5) is 22.7 Å². The van der Waals surface area contributed by atoms with Crippen molar-refractivity contribution in [1.82, 2.24) is 5.32 Å². The monoisotopic (exact) mass is 819 g/mol. The number of nitrogens with one attached hydrogen (secondary N) is 1. The fraction of sp³-hybridized carbons (Fsp3) is 0.327. The van der Waals surface area contributed by atoms with E-state index in [0.29, 0.717) is 48.0 Å². The number of anilines is 2. The lowest BCUT2D eigenvalue weighted by atomic mass is 9.76. The summed E-state index contributed by atoms with van der Waals surface area (Å²) in [7, 11) is 2.04. The number of ether oxygens (including phenoxy) is 3. The molecule has 4 aliphatic rings.